The van der Waals surface area contributed by atoms with Gasteiger partial charge in [-0.05, 0) is 56.2 Å². The van der Waals surface area contributed by atoms with Crippen LogP contribution in [-0.4, -0.2) is 25.7 Å². The molecule has 1 aliphatic carbocycles. The third kappa shape index (κ3) is 4.19. The van der Waals surface area contributed by atoms with Crippen molar-refractivity contribution in [3.05, 3.63) is 28.8 Å². The smallest absolute Gasteiger partial charge is 0.240 e. The van der Waals surface area contributed by atoms with Gasteiger partial charge in [-0.1, -0.05) is 24.6 Å². The summed E-state index contributed by atoms with van der Waals surface area (Å²) in [6.45, 7) is 3.93. The molecule has 1 aromatic rings. The summed E-state index contributed by atoms with van der Waals surface area (Å²) in [6, 6.07) is 4.77. The standard InChI is InChI=1S/C15H22ClNO3S/c1-11-5-7-15(18,8-6-11)10-17-21(19,20)14-9-13(16)4-3-12(14)2/h3-4,9,11,17-18H,5-8,10H2,1-2H3. The SMILES string of the molecule is Cc1ccc(Cl)cc1S(=O)(=O)NCC1(O)CCC(C)CC1. The molecular formula is C15H22ClNO3S. The van der Waals surface area contributed by atoms with Gasteiger partial charge in [-0.2, -0.15) is 0 Å². The number of aryl methyl sites for hydroxylation is 1. The van der Waals surface area contributed by atoms with Gasteiger partial charge < -0.3 is 5.11 Å². The summed E-state index contributed by atoms with van der Waals surface area (Å²) in [6.07, 6.45) is 3.11. The van der Waals surface area contributed by atoms with Crippen molar-refractivity contribution in [2.75, 3.05) is 6.54 Å². The minimum atomic E-state index is -3.66. The van der Waals surface area contributed by atoms with Crippen LogP contribution < -0.4 is 4.72 Å². The van der Waals surface area contributed by atoms with E-state index in [4.69, 9.17) is 11.6 Å². The predicted molar refractivity (Wildman–Crippen MR) is 84.0 cm³/mol. The fraction of sp³-hybridized carbons (Fsp3) is 0.600. The minimum Gasteiger partial charge on any atom is -0.389 e. The first kappa shape index (κ1) is 16.7. The maximum absolute atomic E-state index is 12.4. The van der Waals surface area contributed by atoms with E-state index in [1.54, 1.807) is 19.1 Å². The van der Waals surface area contributed by atoms with E-state index in [-0.39, 0.29) is 11.4 Å². The number of benzene rings is 1. The second-order valence-electron chi connectivity index (χ2n) is 6.14. The third-order valence-corrected chi connectivity index (χ3v) is 6.01. The molecule has 1 aliphatic rings. The van der Waals surface area contributed by atoms with Crippen LogP contribution in [-0.2, 0) is 10.0 Å². The van der Waals surface area contributed by atoms with E-state index in [0.29, 0.717) is 29.3 Å². The second kappa shape index (κ2) is 6.24. The molecule has 1 fully saturated rings. The van der Waals surface area contributed by atoms with Gasteiger partial charge in [-0.3, -0.25) is 0 Å². The molecule has 0 spiro atoms. The Hall–Kier alpha value is -0.620. The highest BCUT2D eigenvalue weighted by Crippen LogP contribution is 2.31. The van der Waals surface area contributed by atoms with Gasteiger partial charge in [0.25, 0.3) is 0 Å². The van der Waals surface area contributed by atoms with Crippen LogP contribution in [0.1, 0.15) is 38.2 Å². The molecule has 1 aromatic carbocycles. The van der Waals surface area contributed by atoms with E-state index in [0.717, 1.165) is 12.8 Å². The van der Waals surface area contributed by atoms with Crippen LogP contribution in [0.4, 0.5) is 0 Å². The molecule has 21 heavy (non-hydrogen) atoms. The molecule has 1 saturated carbocycles. The molecule has 0 heterocycles. The minimum absolute atomic E-state index is 0.0496. The van der Waals surface area contributed by atoms with Crippen molar-refractivity contribution in [1.82, 2.24) is 4.72 Å². The summed E-state index contributed by atoms with van der Waals surface area (Å²) in [4.78, 5) is 0.169. The fourth-order valence-corrected chi connectivity index (χ4v) is 4.27. The van der Waals surface area contributed by atoms with Gasteiger partial charge in [0.15, 0.2) is 0 Å². The Labute approximate surface area is 131 Å². The van der Waals surface area contributed by atoms with Crippen LogP contribution >= 0.6 is 11.6 Å². The lowest BCUT2D eigenvalue weighted by molar-refractivity contribution is -0.00183. The third-order valence-electron chi connectivity index (χ3n) is 4.24. The summed E-state index contributed by atoms with van der Waals surface area (Å²) in [7, 11) is -3.66. The van der Waals surface area contributed by atoms with E-state index < -0.39 is 15.6 Å². The molecule has 0 bridgehead atoms. The van der Waals surface area contributed by atoms with Gasteiger partial charge in [-0.15, -0.1) is 0 Å². The van der Waals surface area contributed by atoms with E-state index in [9.17, 15) is 13.5 Å². The number of hydrogen-bond donors (Lipinski definition) is 2. The van der Waals surface area contributed by atoms with Gasteiger partial charge in [-0.25, -0.2) is 13.1 Å². The van der Waals surface area contributed by atoms with Crippen LogP contribution in [0.5, 0.6) is 0 Å². The maximum atomic E-state index is 12.4. The molecule has 0 atom stereocenters. The van der Waals surface area contributed by atoms with Gasteiger partial charge in [0.05, 0.1) is 10.5 Å². The fourth-order valence-electron chi connectivity index (χ4n) is 2.65. The van der Waals surface area contributed by atoms with Crippen LogP contribution in [0.15, 0.2) is 23.1 Å². The normalized spacial score (nSPS) is 26.8. The van der Waals surface area contributed by atoms with Crippen LogP contribution in [0.2, 0.25) is 5.02 Å². The number of sulfonamides is 1. The summed E-state index contributed by atoms with van der Waals surface area (Å²) in [5, 5.41) is 10.9. The lowest BCUT2D eigenvalue weighted by Crippen LogP contribution is -2.45. The van der Waals surface area contributed by atoms with Crippen LogP contribution in [0.3, 0.4) is 0 Å². The number of hydrogen-bond acceptors (Lipinski definition) is 3. The first-order valence-corrected chi connectivity index (χ1v) is 9.06. The average molecular weight is 332 g/mol. The second-order valence-corrected chi connectivity index (χ2v) is 8.31. The molecule has 0 unspecified atom stereocenters. The van der Waals surface area contributed by atoms with Crippen molar-refractivity contribution < 1.29 is 13.5 Å². The van der Waals surface area contributed by atoms with E-state index in [1.165, 1.54) is 6.07 Å². The first-order valence-electron chi connectivity index (χ1n) is 7.20. The van der Waals surface area contributed by atoms with Crippen molar-refractivity contribution in [2.24, 2.45) is 5.92 Å². The van der Waals surface area contributed by atoms with Gasteiger partial charge in [0, 0.05) is 11.6 Å². The maximum Gasteiger partial charge on any atom is 0.240 e. The molecule has 0 amide bonds. The lowest BCUT2D eigenvalue weighted by Gasteiger charge is -2.34. The molecule has 6 heteroatoms. The highest BCUT2D eigenvalue weighted by molar-refractivity contribution is 7.89. The Morgan fingerprint density at radius 2 is 2.00 bits per heavy atom. The summed E-state index contributed by atoms with van der Waals surface area (Å²) in [5.41, 5.74) is -0.303. The Morgan fingerprint density at radius 1 is 1.38 bits per heavy atom. The number of aliphatic hydroxyl groups is 1. The molecule has 2 rings (SSSR count). The van der Waals surface area contributed by atoms with Crippen molar-refractivity contribution in [3.8, 4) is 0 Å². The Morgan fingerprint density at radius 3 is 2.62 bits per heavy atom. The van der Waals surface area contributed by atoms with E-state index >= 15 is 0 Å². The zero-order valence-corrected chi connectivity index (χ0v) is 14.0. The number of halogens is 1. The molecular weight excluding hydrogens is 310 g/mol. The monoisotopic (exact) mass is 331 g/mol. The van der Waals surface area contributed by atoms with Gasteiger partial charge >= 0.3 is 0 Å². The molecule has 0 radical (unpaired) electrons. The molecule has 0 aliphatic heterocycles. The average Bonchev–Trinajstić information content (AvgIpc) is 2.43. The van der Waals surface area contributed by atoms with Crippen molar-refractivity contribution in [2.45, 2.75) is 50.0 Å². The topological polar surface area (TPSA) is 66.4 Å². The molecule has 4 nitrogen and oxygen atoms in total. The Balaban J connectivity index is 2.09. The summed E-state index contributed by atoms with van der Waals surface area (Å²) in [5.74, 6) is 0.594. The van der Waals surface area contributed by atoms with Crippen LogP contribution in [0.25, 0.3) is 0 Å². The highest BCUT2D eigenvalue weighted by Gasteiger charge is 2.33. The van der Waals surface area contributed by atoms with Crippen molar-refractivity contribution in [3.63, 3.8) is 0 Å². The lowest BCUT2D eigenvalue weighted by atomic mass is 9.80. The first-order chi connectivity index (χ1) is 9.72. The molecule has 0 aromatic heterocycles. The zero-order valence-electron chi connectivity index (χ0n) is 12.4. The summed E-state index contributed by atoms with van der Waals surface area (Å²) < 4.78 is 27.3. The van der Waals surface area contributed by atoms with Gasteiger partial charge in [0.2, 0.25) is 10.0 Å². The molecule has 2 N–H and O–H groups in total. The molecule has 0 saturated heterocycles. The van der Waals surface area contributed by atoms with Crippen molar-refractivity contribution >= 4 is 21.6 Å². The summed E-state index contributed by atoms with van der Waals surface area (Å²) >= 11 is 5.87. The van der Waals surface area contributed by atoms with Crippen molar-refractivity contribution in [1.29, 1.82) is 0 Å². The van der Waals surface area contributed by atoms with Gasteiger partial charge in [0.1, 0.15) is 0 Å². The number of nitrogens with one attached hydrogen (secondary N) is 1. The van der Waals surface area contributed by atoms with Crippen LogP contribution in [0, 0.1) is 12.8 Å². The van der Waals surface area contributed by atoms with E-state index in [1.807, 2.05) is 0 Å². The Kier molecular flexibility index (Phi) is 4.98. The number of rotatable bonds is 4. The Bertz CT molecular complexity index is 607. The predicted octanol–water partition coefficient (Wildman–Crippen LogP) is 2.87. The largest absolute Gasteiger partial charge is 0.389 e. The zero-order chi connectivity index (χ0) is 15.7. The van der Waals surface area contributed by atoms with E-state index in [2.05, 4.69) is 11.6 Å². The molecule has 118 valence electrons. The highest BCUT2D eigenvalue weighted by atomic mass is 35.5. The quantitative estimate of drug-likeness (QED) is 0.891.